The van der Waals surface area contributed by atoms with Crippen LogP contribution in [0.1, 0.15) is 49.7 Å². The highest BCUT2D eigenvalue weighted by Gasteiger charge is 2.42. The molecular weight excluding hydrogens is 511 g/mol. The van der Waals surface area contributed by atoms with Gasteiger partial charge in [-0.1, -0.05) is 35.3 Å². The zero-order valence-electron chi connectivity index (χ0n) is 20.8. The first-order chi connectivity index (χ1) is 17.1. The predicted molar refractivity (Wildman–Crippen MR) is 154 cm³/mol. The van der Waals surface area contributed by atoms with Gasteiger partial charge >= 0.3 is 0 Å². The highest BCUT2D eigenvalue weighted by molar-refractivity contribution is 7.80. The number of nitrogens with zero attached hydrogens (tertiary/aromatic N) is 3. The molecule has 0 unspecified atom stereocenters. The molecule has 0 amide bonds. The average molecular weight is 540 g/mol. The van der Waals surface area contributed by atoms with E-state index in [0.717, 1.165) is 28.2 Å². The molecule has 2 aromatic carbocycles. The van der Waals surface area contributed by atoms with Crippen LogP contribution < -0.4 is 19.9 Å². The van der Waals surface area contributed by atoms with Crippen molar-refractivity contribution in [3.8, 4) is 5.75 Å². The molecule has 2 aliphatic rings. The van der Waals surface area contributed by atoms with Crippen molar-refractivity contribution in [1.82, 2.24) is 10.3 Å². The number of anilines is 2. The number of allylic oxidation sites excluding steroid dienone is 1. The van der Waals surface area contributed by atoms with E-state index in [-0.39, 0.29) is 17.6 Å². The third-order valence-electron chi connectivity index (χ3n) is 7.17. The molecule has 5 nitrogen and oxygen atoms in total. The van der Waals surface area contributed by atoms with Gasteiger partial charge in [-0.25, -0.2) is 0 Å². The summed E-state index contributed by atoms with van der Waals surface area (Å²) in [5.41, 5.74) is 6.06. The Morgan fingerprint density at radius 1 is 1.08 bits per heavy atom. The van der Waals surface area contributed by atoms with Gasteiger partial charge in [0.2, 0.25) is 0 Å². The highest BCUT2D eigenvalue weighted by Crippen LogP contribution is 2.48. The molecule has 1 aromatic heterocycles. The molecule has 1 fully saturated rings. The molecule has 3 heterocycles. The Morgan fingerprint density at radius 2 is 1.86 bits per heavy atom. The first kappa shape index (κ1) is 24.9. The number of rotatable bonds is 4. The van der Waals surface area contributed by atoms with Crippen LogP contribution in [-0.4, -0.2) is 29.8 Å². The summed E-state index contributed by atoms with van der Waals surface area (Å²) in [5.74, 6) is 0.606. The van der Waals surface area contributed by atoms with Gasteiger partial charge in [0.05, 0.1) is 35.4 Å². The van der Waals surface area contributed by atoms with Crippen LogP contribution >= 0.6 is 35.4 Å². The number of hydrogen-bond acceptors (Lipinski definition) is 4. The monoisotopic (exact) mass is 538 g/mol. The fraction of sp³-hybridized carbons (Fsp3) is 0.286. The summed E-state index contributed by atoms with van der Waals surface area (Å²) in [6.07, 6.45) is 4.09. The minimum Gasteiger partial charge on any atom is -0.495 e. The van der Waals surface area contributed by atoms with E-state index < -0.39 is 0 Å². The van der Waals surface area contributed by atoms with Crippen LogP contribution in [0.5, 0.6) is 5.75 Å². The molecule has 0 aliphatic carbocycles. The van der Waals surface area contributed by atoms with Crippen LogP contribution in [0.4, 0.5) is 11.4 Å². The molecule has 5 rings (SSSR count). The smallest absolute Gasteiger partial charge is 0.174 e. The van der Waals surface area contributed by atoms with Gasteiger partial charge in [0.15, 0.2) is 5.11 Å². The second-order valence-electron chi connectivity index (χ2n) is 9.75. The number of benzene rings is 2. The molecule has 2 aliphatic heterocycles. The molecule has 0 bridgehead atoms. The molecule has 0 saturated carbocycles. The van der Waals surface area contributed by atoms with Gasteiger partial charge in [0.25, 0.3) is 0 Å². The third kappa shape index (κ3) is 4.11. The van der Waals surface area contributed by atoms with Crippen LogP contribution in [0, 0.1) is 0 Å². The Labute approximate surface area is 227 Å². The maximum absolute atomic E-state index is 7.07. The summed E-state index contributed by atoms with van der Waals surface area (Å²) < 4.78 is 5.37. The molecule has 1 N–H and O–H groups in total. The van der Waals surface area contributed by atoms with Crippen LogP contribution in [0.25, 0.3) is 5.57 Å². The summed E-state index contributed by atoms with van der Waals surface area (Å²) in [6.45, 7) is 6.56. The minimum absolute atomic E-state index is 0.110. The van der Waals surface area contributed by atoms with Gasteiger partial charge < -0.3 is 19.9 Å². The standard InChI is InChI=1S/C28H28Cl2N4OS/c1-16-15-28(2,3)33(4)23-14-20(29)19(13-18(16)23)26-25(22-8-6-7-11-31-22)32-27(36)34(26)17-9-10-24(35-5)21(30)12-17/h6-15,25-26H,1-5H3,(H,32,36)/t25-,26+/m1/s1. The fourth-order valence-corrected chi connectivity index (χ4v) is 6.04. The number of hydrogen-bond donors (Lipinski definition) is 1. The fourth-order valence-electron chi connectivity index (χ4n) is 5.17. The van der Waals surface area contributed by atoms with Crippen molar-refractivity contribution >= 4 is 57.5 Å². The second-order valence-corrected chi connectivity index (χ2v) is 10.9. The molecule has 1 saturated heterocycles. The van der Waals surface area contributed by atoms with Crippen molar-refractivity contribution in [3.63, 3.8) is 0 Å². The van der Waals surface area contributed by atoms with Gasteiger partial charge in [-0.3, -0.25) is 4.98 Å². The molecule has 3 aromatic rings. The van der Waals surface area contributed by atoms with Crippen LogP contribution in [0.2, 0.25) is 10.0 Å². The minimum atomic E-state index is -0.247. The van der Waals surface area contributed by atoms with Gasteiger partial charge in [-0.05, 0) is 86.6 Å². The summed E-state index contributed by atoms with van der Waals surface area (Å²) >= 11 is 19.5. The van der Waals surface area contributed by atoms with E-state index >= 15 is 0 Å². The summed E-state index contributed by atoms with van der Waals surface area (Å²) in [4.78, 5) is 8.99. The van der Waals surface area contributed by atoms with E-state index in [1.807, 2.05) is 36.4 Å². The van der Waals surface area contributed by atoms with Crippen LogP contribution in [0.15, 0.2) is 60.8 Å². The molecule has 36 heavy (non-hydrogen) atoms. The largest absolute Gasteiger partial charge is 0.495 e. The molecule has 0 radical (unpaired) electrons. The van der Waals surface area contributed by atoms with Crippen LogP contribution in [-0.2, 0) is 0 Å². The third-order valence-corrected chi connectivity index (χ3v) is 8.10. The highest BCUT2D eigenvalue weighted by atomic mass is 35.5. The van der Waals surface area contributed by atoms with E-state index in [1.54, 1.807) is 13.3 Å². The van der Waals surface area contributed by atoms with Crippen molar-refractivity contribution in [2.24, 2.45) is 0 Å². The predicted octanol–water partition coefficient (Wildman–Crippen LogP) is 7.21. The Morgan fingerprint density at radius 3 is 2.53 bits per heavy atom. The lowest BCUT2D eigenvalue weighted by Gasteiger charge is -2.41. The lowest BCUT2D eigenvalue weighted by atomic mass is 9.86. The van der Waals surface area contributed by atoms with E-state index in [1.165, 1.54) is 5.57 Å². The van der Waals surface area contributed by atoms with E-state index in [4.69, 9.17) is 40.2 Å². The number of halogens is 2. The van der Waals surface area contributed by atoms with Gasteiger partial charge in [-0.2, -0.15) is 0 Å². The van der Waals surface area contributed by atoms with Crippen molar-refractivity contribution in [3.05, 3.63) is 87.7 Å². The van der Waals surface area contributed by atoms with Crippen molar-refractivity contribution in [2.75, 3.05) is 24.0 Å². The Kier molecular flexibility index (Phi) is 6.39. The lowest BCUT2D eigenvalue weighted by molar-refractivity contribution is 0.415. The first-order valence-electron chi connectivity index (χ1n) is 11.7. The first-order valence-corrected chi connectivity index (χ1v) is 12.9. The molecule has 2 atom stereocenters. The Hall–Kier alpha value is -2.80. The second kappa shape index (κ2) is 9.25. The normalized spacial score (nSPS) is 20.6. The summed E-state index contributed by atoms with van der Waals surface area (Å²) in [7, 11) is 3.70. The number of aromatic nitrogens is 1. The number of likely N-dealkylation sites (N-methyl/N-ethyl adjacent to an activating group) is 1. The Bertz CT molecular complexity index is 1380. The zero-order chi connectivity index (χ0) is 25.8. The topological polar surface area (TPSA) is 40.6 Å². The Balaban J connectivity index is 1.70. The molecular formula is C28H28Cl2N4OS. The molecule has 186 valence electrons. The van der Waals surface area contributed by atoms with E-state index in [2.05, 4.69) is 66.1 Å². The summed E-state index contributed by atoms with van der Waals surface area (Å²) in [5, 5.41) is 5.26. The van der Waals surface area contributed by atoms with Crippen molar-refractivity contribution in [1.29, 1.82) is 0 Å². The van der Waals surface area contributed by atoms with Crippen molar-refractivity contribution < 1.29 is 4.74 Å². The average Bonchev–Trinajstić information content (AvgIpc) is 3.19. The number of pyridine rings is 1. The van der Waals surface area contributed by atoms with Crippen LogP contribution in [0.3, 0.4) is 0 Å². The maximum atomic E-state index is 7.07. The zero-order valence-corrected chi connectivity index (χ0v) is 23.2. The quantitative estimate of drug-likeness (QED) is 0.354. The number of ether oxygens (including phenoxy) is 1. The molecule has 0 spiro atoms. The number of thiocarbonyl (C=S) groups is 1. The van der Waals surface area contributed by atoms with Crippen molar-refractivity contribution in [2.45, 2.75) is 38.4 Å². The lowest BCUT2D eigenvalue weighted by Crippen LogP contribution is -2.42. The summed E-state index contributed by atoms with van der Waals surface area (Å²) in [6, 6.07) is 15.4. The van der Waals surface area contributed by atoms with Gasteiger partial charge in [-0.15, -0.1) is 0 Å². The van der Waals surface area contributed by atoms with E-state index in [9.17, 15) is 0 Å². The van der Waals surface area contributed by atoms with E-state index in [0.29, 0.717) is 20.9 Å². The number of methoxy groups -OCH3 is 1. The number of fused-ring (bicyclic) bond motifs is 1. The van der Waals surface area contributed by atoms with Gasteiger partial charge in [0.1, 0.15) is 5.75 Å². The molecule has 8 heteroatoms. The van der Waals surface area contributed by atoms with Gasteiger partial charge in [0, 0.05) is 35.2 Å². The maximum Gasteiger partial charge on any atom is 0.174 e. The SMILES string of the molecule is COc1ccc(N2C(=S)N[C@H](c3ccccn3)[C@@H]2c2cc3c(cc2Cl)N(C)C(C)(C)C=C3C)cc1Cl. The number of nitrogens with one attached hydrogen (secondary N) is 1.